The number of ether oxygens (including phenoxy) is 1. The van der Waals surface area contributed by atoms with Crippen molar-refractivity contribution in [2.45, 2.75) is 50.2 Å². The Balaban J connectivity index is 1.51. The molecule has 0 radical (unpaired) electrons. The highest BCUT2D eigenvalue weighted by atomic mass is 32.2. The first-order valence-corrected chi connectivity index (χ1v) is 9.30. The molecule has 1 fully saturated rings. The third-order valence-corrected chi connectivity index (χ3v) is 5.30. The summed E-state index contributed by atoms with van der Waals surface area (Å²) in [6.07, 6.45) is 4.12. The molecule has 0 amide bonds. The summed E-state index contributed by atoms with van der Waals surface area (Å²) < 4.78 is 9.26. The van der Waals surface area contributed by atoms with Gasteiger partial charge < -0.3 is 4.74 Å². The number of aryl methyl sites for hydroxylation is 2. The zero-order chi connectivity index (χ0) is 17.4. The quantitative estimate of drug-likeness (QED) is 0.697. The van der Waals surface area contributed by atoms with Crippen LogP contribution >= 0.6 is 11.8 Å². The predicted octanol–water partition coefficient (Wildman–Crippen LogP) is 1.70. The minimum absolute atomic E-state index is 0.0969. The molecule has 3 aromatic rings. The number of hydrogen-bond acceptors (Lipinski definition) is 6. The Kier molecular flexibility index (Phi) is 4.34. The predicted molar refractivity (Wildman–Crippen MR) is 93.8 cm³/mol. The second-order valence-electron chi connectivity index (χ2n) is 6.29. The number of aromatic amines is 1. The molecule has 1 atom stereocenters. The fourth-order valence-corrected chi connectivity index (χ4v) is 3.93. The van der Waals surface area contributed by atoms with Crippen LogP contribution in [0.25, 0.3) is 5.78 Å². The highest BCUT2D eigenvalue weighted by Crippen LogP contribution is 2.22. The number of nitrogens with zero attached hydrogens (tertiary/aromatic N) is 5. The Labute approximate surface area is 148 Å². The van der Waals surface area contributed by atoms with E-state index >= 15 is 0 Å². The highest BCUT2D eigenvalue weighted by Gasteiger charge is 2.20. The Bertz CT molecular complexity index is 953. The van der Waals surface area contributed by atoms with Crippen LogP contribution < -0.4 is 5.69 Å². The zero-order valence-electron chi connectivity index (χ0n) is 14.2. The van der Waals surface area contributed by atoms with Crippen LogP contribution in [0.15, 0.2) is 22.2 Å². The van der Waals surface area contributed by atoms with Gasteiger partial charge >= 0.3 is 5.69 Å². The molecule has 8 nitrogen and oxygen atoms in total. The molecular weight excluding hydrogens is 340 g/mol. The van der Waals surface area contributed by atoms with Crippen molar-refractivity contribution < 1.29 is 4.74 Å². The summed E-state index contributed by atoms with van der Waals surface area (Å²) in [6, 6.07) is 2.03. The number of thioether (sulfide) groups is 1. The zero-order valence-corrected chi connectivity index (χ0v) is 15.0. The van der Waals surface area contributed by atoms with Gasteiger partial charge in [0, 0.05) is 29.9 Å². The number of H-pyrrole nitrogens is 1. The molecule has 1 aliphatic heterocycles. The molecule has 0 aliphatic carbocycles. The average molecular weight is 360 g/mol. The van der Waals surface area contributed by atoms with Crippen LogP contribution in [0.3, 0.4) is 0 Å². The molecule has 3 aromatic heterocycles. The van der Waals surface area contributed by atoms with Gasteiger partial charge in [-0.05, 0) is 32.8 Å². The highest BCUT2D eigenvalue weighted by molar-refractivity contribution is 7.98. The number of rotatable bonds is 5. The van der Waals surface area contributed by atoms with E-state index in [2.05, 4.69) is 20.2 Å². The maximum atomic E-state index is 12.0. The Morgan fingerprint density at radius 1 is 1.40 bits per heavy atom. The largest absolute Gasteiger partial charge is 0.376 e. The van der Waals surface area contributed by atoms with Crippen LogP contribution in [0.5, 0.6) is 0 Å². The lowest BCUT2D eigenvalue weighted by Crippen LogP contribution is -2.24. The number of aromatic nitrogens is 6. The molecule has 0 saturated carbocycles. The molecule has 1 aliphatic rings. The summed E-state index contributed by atoms with van der Waals surface area (Å²) in [5.41, 5.74) is 2.76. The van der Waals surface area contributed by atoms with Crippen LogP contribution in [0.1, 0.15) is 29.9 Å². The number of imidazole rings is 1. The molecule has 0 aromatic carbocycles. The molecule has 4 heterocycles. The van der Waals surface area contributed by atoms with Gasteiger partial charge in [-0.25, -0.2) is 19.9 Å². The van der Waals surface area contributed by atoms with Gasteiger partial charge in [-0.3, -0.25) is 8.97 Å². The first kappa shape index (κ1) is 16.3. The van der Waals surface area contributed by atoms with Gasteiger partial charge in [0.25, 0.3) is 0 Å². The summed E-state index contributed by atoms with van der Waals surface area (Å²) >= 11 is 1.49. The van der Waals surface area contributed by atoms with Crippen molar-refractivity contribution in [3.63, 3.8) is 0 Å². The van der Waals surface area contributed by atoms with Gasteiger partial charge in [-0.2, -0.15) is 0 Å². The van der Waals surface area contributed by atoms with Crippen molar-refractivity contribution in [3.8, 4) is 0 Å². The minimum Gasteiger partial charge on any atom is -0.376 e. The first-order valence-electron chi connectivity index (χ1n) is 8.32. The van der Waals surface area contributed by atoms with Crippen LogP contribution in [-0.2, 0) is 17.0 Å². The van der Waals surface area contributed by atoms with Gasteiger partial charge in [0.05, 0.1) is 18.3 Å². The van der Waals surface area contributed by atoms with Crippen molar-refractivity contribution in [1.29, 1.82) is 0 Å². The van der Waals surface area contributed by atoms with Crippen molar-refractivity contribution in [1.82, 2.24) is 29.1 Å². The lowest BCUT2D eigenvalue weighted by atomic mass is 10.2. The maximum absolute atomic E-state index is 12.0. The molecule has 4 rings (SSSR count). The molecule has 9 heteroatoms. The smallest absolute Gasteiger partial charge is 0.344 e. The molecule has 1 saturated heterocycles. The van der Waals surface area contributed by atoms with Gasteiger partial charge in [0.1, 0.15) is 0 Å². The number of hydrogen-bond donors (Lipinski definition) is 1. The van der Waals surface area contributed by atoms with Crippen LogP contribution in [-0.4, -0.2) is 41.8 Å². The summed E-state index contributed by atoms with van der Waals surface area (Å²) in [5, 5.41) is 7.34. The Hall–Kier alpha value is -2.13. The molecule has 1 N–H and O–H groups in total. The molecule has 0 spiro atoms. The van der Waals surface area contributed by atoms with E-state index in [-0.39, 0.29) is 11.8 Å². The van der Waals surface area contributed by atoms with Gasteiger partial charge in [0.2, 0.25) is 5.78 Å². The van der Waals surface area contributed by atoms with Gasteiger partial charge in [0.15, 0.2) is 5.16 Å². The molecular formula is C16H20N6O2S. The topological polar surface area (TPSA) is 90.1 Å². The van der Waals surface area contributed by atoms with E-state index in [0.717, 1.165) is 36.5 Å². The van der Waals surface area contributed by atoms with Crippen molar-refractivity contribution in [3.05, 3.63) is 39.8 Å². The fourth-order valence-electron chi connectivity index (χ4n) is 3.09. The van der Waals surface area contributed by atoms with E-state index in [9.17, 15) is 4.79 Å². The van der Waals surface area contributed by atoms with Crippen molar-refractivity contribution in [2.75, 3.05) is 6.61 Å². The molecule has 132 valence electrons. The lowest BCUT2D eigenvalue weighted by Gasteiger charge is -2.10. The molecule has 0 bridgehead atoms. The molecule has 1 unspecified atom stereocenters. The first-order chi connectivity index (χ1) is 12.1. The Morgan fingerprint density at radius 3 is 3.08 bits per heavy atom. The minimum atomic E-state index is -0.193. The third kappa shape index (κ3) is 3.34. The number of fused-ring (bicyclic) bond motifs is 1. The van der Waals surface area contributed by atoms with E-state index < -0.39 is 0 Å². The molecule has 25 heavy (non-hydrogen) atoms. The van der Waals surface area contributed by atoms with Crippen LogP contribution in [0, 0.1) is 13.8 Å². The van der Waals surface area contributed by atoms with Crippen molar-refractivity contribution in [2.24, 2.45) is 0 Å². The van der Waals surface area contributed by atoms with E-state index in [1.165, 1.54) is 11.8 Å². The second kappa shape index (κ2) is 6.64. The third-order valence-electron chi connectivity index (χ3n) is 4.29. The van der Waals surface area contributed by atoms with Crippen molar-refractivity contribution >= 4 is 17.5 Å². The van der Waals surface area contributed by atoms with Gasteiger partial charge in [-0.15, -0.1) is 5.10 Å². The fraction of sp³-hybridized carbons (Fsp3) is 0.500. The standard InChI is InChI=1S/C16H20N6O2S/c1-10-6-11(2)21-7-12(18-14(21)17-10)9-25-16-20-19-15(23)22(16)8-13-4-3-5-24-13/h6-7,13H,3-5,8-9H2,1-2H3,(H,19,23). The second-order valence-corrected chi connectivity index (χ2v) is 7.23. The summed E-state index contributed by atoms with van der Waals surface area (Å²) in [7, 11) is 0. The van der Waals surface area contributed by atoms with E-state index in [1.807, 2.05) is 30.5 Å². The Morgan fingerprint density at radius 2 is 2.28 bits per heavy atom. The van der Waals surface area contributed by atoms with E-state index in [0.29, 0.717) is 23.2 Å². The van der Waals surface area contributed by atoms with Crippen LogP contribution in [0.2, 0.25) is 0 Å². The monoisotopic (exact) mass is 360 g/mol. The maximum Gasteiger partial charge on any atom is 0.344 e. The van der Waals surface area contributed by atoms with E-state index in [1.54, 1.807) is 4.57 Å². The summed E-state index contributed by atoms with van der Waals surface area (Å²) in [5.74, 6) is 1.32. The lowest BCUT2D eigenvalue weighted by molar-refractivity contribution is 0.0941. The van der Waals surface area contributed by atoms with Crippen LogP contribution in [0.4, 0.5) is 0 Å². The summed E-state index contributed by atoms with van der Waals surface area (Å²) in [4.78, 5) is 21.0. The average Bonchev–Trinajstić information content (AvgIpc) is 3.28. The number of nitrogens with one attached hydrogen (secondary N) is 1. The summed E-state index contributed by atoms with van der Waals surface area (Å²) in [6.45, 7) is 5.31. The van der Waals surface area contributed by atoms with E-state index in [4.69, 9.17) is 4.74 Å². The SMILES string of the molecule is Cc1cc(C)n2cc(CSc3n[nH]c(=O)n3CC3CCCO3)nc2n1. The van der Waals surface area contributed by atoms with Gasteiger partial charge in [-0.1, -0.05) is 11.8 Å². The normalized spacial score (nSPS) is 17.6.